The minimum atomic E-state index is -3.52. The van der Waals surface area contributed by atoms with Crippen molar-refractivity contribution in [3.8, 4) is 0 Å². The van der Waals surface area contributed by atoms with Crippen molar-refractivity contribution >= 4 is 31.6 Å². The Bertz CT molecular complexity index is 1130. The molecule has 1 fully saturated rings. The van der Waals surface area contributed by atoms with Gasteiger partial charge in [-0.05, 0) is 29.8 Å². The third kappa shape index (κ3) is 6.14. The van der Waals surface area contributed by atoms with E-state index in [1.807, 2.05) is 23.1 Å². The van der Waals surface area contributed by atoms with Gasteiger partial charge in [-0.1, -0.05) is 30.3 Å². The molecule has 0 aliphatic carbocycles. The summed E-state index contributed by atoms with van der Waals surface area (Å²) in [6.07, 6.45) is 0. The number of sulfonamides is 2. The van der Waals surface area contributed by atoms with Gasteiger partial charge in [-0.25, -0.2) is 21.1 Å². The molecule has 174 valence electrons. The molecule has 0 saturated carbocycles. The molecule has 1 heterocycles. The van der Waals surface area contributed by atoms with Crippen molar-refractivity contribution in [3.05, 3.63) is 60.2 Å². The molecule has 1 aliphatic heterocycles. The van der Waals surface area contributed by atoms with Crippen molar-refractivity contribution in [2.45, 2.75) is 10.6 Å². The highest BCUT2D eigenvalue weighted by Crippen LogP contribution is 2.17. The van der Waals surface area contributed by atoms with Crippen LogP contribution in [0.25, 0.3) is 0 Å². The summed E-state index contributed by atoms with van der Waals surface area (Å²) in [6, 6.07) is 15.0. The number of amides is 1. The van der Waals surface area contributed by atoms with Crippen LogP contribution in [0.5, 0.6) is 0 Å². The van der Waals surface area contributed by atoms with Gasteiger partial charge in [-0.15, -0.1) is 0 Å². The Balaban J connectivity index is 1.49. The fraction of sp³-hybridized carbons (Fsp3) is 0.381. The van der Waals surface area contributed by atoms with E-state index in [1.165, 1.54) is 30.5 Å². The number of carbonyl (C=O) groups is 1. The van der Waals surface area contributed by atoms with Gasteiger partial charge in [0.2, 0.25) is 26.0 Å². The lowest BCUT2D eigenvalue weighted by molar-refractivity contribution is -0.117. The van der Waals surface area contributed by atoms with Crippen LogP contribution in [0.4, 0.5) is 5.69 Å². The monoisotopic (exact) mass is 480 g/mol. The highest BCUT2D eigenvalue weighted by Gasteiger charge is 2.27. The second kappa shape index (κ2) is 10.1. The molecular weight excluding hydrogens is 452 g/mol. The minimum absolute atomic E-state index is 0.0339. The summed E-state index contributed by atoms with van der Waals surface area (Å²) in [6.45, 7) is 1.71. The van der Waals surface area contributed by atoms with Crippen molar-refractivity contribution < 1.29 is 21.6 Å². The highest BCUT2D eigenvalue weighted by atomic mass is 32.2. The first-order chi connectivity index (χ1) is 15.1. The first-order valence-electron chi connectivity index (χ1n) is 10.1. The molecular formula is C21H28N4O5S2. The van der Waals surface area contributed by atoms with Crippen LogP contribution in [0.2, 0.25) is 0 Å². The van der Waals surface area contributed by atoms with E-state index in [0.29, 0.717) is 31.9 Å². The lowest BCUT2D eigenvalue weighted by atomic mass is 10.2. The van der Waals surface area contributed by atoms with Crippen LogP contribution in [0.15, 0.2) is 59.5 Å². The van der Waals surface area contributed by atoms with Crippen LogP contribution in [0.1, 0.15) is 5.56 Å². The largest absolute Gasteiger partial charge is 0.325 e. The van der Waals surface area contributed by atoms with Gasteiger partial charge in [0.05, 0.1) is 17.2 Å². The van der Waals surface area contributed by atoms with Crippen LogP contribution in [0, 0.1) is 0 Å². The van der Waals surface area contributed by atoms with E-state index in [-0.39, 0.29) is 23.1 Å². The van der Waals surface area contributed by atoms with Crippen molar-refractivity contribution in [1.29, 1.82) is 0 Å². The molecule has 0 bridgehead atoms. The number of hydrogen-bond acceptors (Lipinski definition) is 6. The fourth-order valence-electron chi connectivity index (χ4n) is 3.37. The van der Waals surface area contributed by atoms with Gasteiger partial charge >= 0.3 is 0 Å². The maximum atomic E-state index is 12.6. The number of anilines is 1. The average molecular weight is 481 g/mol. The molecule has 0 radical (unpaired) electrons. The molecule has 32 heavy (non-hydrogen) atoms. The SMILES string of the molecule is CN(C)S(=O)(=O)c1ccc(NC(=O)CN2CCN(S(=O)(=O)Cc3ccccc3)CC2)cc1. The number of nitrogens with zero attached hydrogens (tertiary/aromatic N) is 3. The minimum Gasteiger partial charge on any atom is -0.325 e. The van der Waals surface area contributed by atoms with Gasteiger partial charge in [-0.3, -0.25) is 9.69 Å². The summed E-state index contributed by atoms with van der Waals surface area (Å²) >= 11 is 0. The maximum Gasteiger partial charge on any atom is 0.242 e. The zero-order valence-corrected chi connectivity index (χ0v) is 19.8. The topological polar surface area (TPSA) is 107 Å². The van der Waals surface area contributed by atoms with E-state index in [4.69, 9.17) is 0 Å². The number of benzene rings is 2. The lowest BCUT2D eigenvalue weighted by Gasteiger charge is -2.33. The molecule has 0 aromatic heterocycles. The number of carbonyl (C=O) groups excluding carboxylic acids is 1. The van der Waals surface area contributed by atoms with Gasteiger partial charge in [0, 0.05) is 46.0 Å². The van der Waals surface area contributed by atoms with E-state index in [2.05, 4.69) is 5.32 Å². The Hall–Kier alpha value is -2.31. The molecule has 1 amide bonds. The van der Waals surface area contributed by atoms with E-state index in [0.717, 1.165) is 9.87 Å². The van der Waals surface area contributed by atoms with Crippen molar-refractivity contribution in [2.24, 2.45) is 0 Å². The summed E-state index contributed by atoms with van der Waals surface area (Å²) in [5, 5.41) is 2.75. The van der Waals surface area contributed by atoms with E-state index < -0.39 is 20.0 Å². The molecule has 0 unspecified atom stereocenters. The summed E-state index contributed by atoms with van der Waals surface area (Å²) in [5.41, 5.74) is 1.25. The first kappa shape index (κ1) is 24.3. The standard InChI is InChI=1S/C21H28N4O5S2/c1-23(2)32(29,30)20-10-8-19(9-11-20)22-21(26)16-24-12-14-25(15-13-24)31(27,28)17-18-6-4-3-5-7-18/h3-11H,12-17H2,1-2H3,(H,22,26). The van der Waals surface area contributed by atoms with Crippen LogP contribution in [-0.4, -0.2) is 83.1 Å². The third-order valence-corrected chi connectivity index (χ3v) is 8.88. The molecule has 0 atom stereocenters. The summed E-state index contributed by atoms with van der Waals surface area (Å²) in [7, 11) is -4.02. The Morgan fingerprint density at radius 2 is 1.50 bits per heavy atom. The molecule has 0 spiro atoms. The van der Waals surface area contributed by atoms with Crippen LogP contribution in [0.3, 0.4) is 0 Å². The summed E-state index contributed by atoms with van der Waals surface area (Å²) in [4.78, 5) is 14.4. The van der Waals surface area contributed by atoms with Crippen molar-refractivity contribution in [3.63, 3.8) is 0 Å². The normalized spacial score (nSPS) is 16.2. The fourth-order valence-corrected chi connectivity index (χ4v) is 5.78. The predicted octanol–water partition coefficient (Wildman–Crippen LogP) is 1.02. The van der Waals surface area contributed by atoms with Crippen molar-refractivity contribution in [2.75, 3.05) is 52.1 Å². The van der Waals surface area contributed by atoms with Gasteiger partial charge < -0.3 is 5.32 Å². The Labute approximate surface area is 189 Å². The average Bonchev–Trinajstić information content (AvgIpc) is 2.75. The molecule has 1 aliphatic rings. The second-order valence-electron chi connectivity index (χ2n) is 7.78. The lowest BCUT2D eigenvalue weighted by Crippen LogP contribution is -2.50. The Morgan fingerprint density at radius 3 is 2.06 bits per heavy atom. The predicted molar refractivity (Wildman–Crippen MR) is 123 cm³/mol. The van der Waals surface area contributed by atoms with Crippen LogP contribution in [-0.2, 0) is 30.6 Å². The van der Waals surface area contributed by atoms with Gasteiger partial charge in [-0.2, -0.15) is 4.31 Å². The highest BCUT2D eigenvalue weighted by molar-refractivity contribution is 7.89. The molecule has 1 saturated heterocycles. The van der Waals surface area contributed by atoms with Crippen LogP contribution < -0.4 is 5.32 Å². The summed E-state index contributed by atoms with van der Waals surface area (Å²) < 4.78 is 52.1. The maximum absolute atomic E-state index is 12.6. The van der Waals surface area contributed by atoms with Gasteiger partial charge in [0.1, 0.15) is 0 Å². The van der Waals surface area contributed by atoms with E-state index in [1.54, 1.807) is 24.3 Å². The third-order valence-electron chi connectivity index (χ3n) is 5.20. The van der Waals surface area contributed by atoms with Crippen LogP contribution >= 0.6 is 0 Å². The Morgan fingerprint density at radius 1 is 0.906 bits per heavy atom. The summed E-state index contributed by atoms with van der Waals surface area (Å²) in [5.74, 6) is -0.276. The molecule has 3 rings (SSSR count). The number of hydrogen-bond donors (Lipinski definition) is 1. The molecule has 11 heteroatoms. The molecule has 9 nitrogen and oxygen atoms in total. The van der Waals surface area contributed by atoms with Gasteiger partial charge in [0.15, 0.2) is 0 Å². The van der Waals surface area contributed by atoms with Gasteiger partial charge in [0.25, 0.3) is 0 Å². The Kier molecular flexibility index (Phi) is 7.67. The number of piperazine rings is 1. The molecule has 2 aromatic rings. The second-order valence-corrected chi connectivity index (χ2v) is 11.9. The molecule has 2 aromatic carbocycles. The van der Waals surface area contributed by atoms with E-state index in [9.17, 15) is 21.6 Å². The number of rotatable bonds is 8. The number of nitrogens with one attached hydrogen (secondary N) is 1. The first-order valence-corrected chi connectivity index (χ1v) is 13.2. The molecule has 1 N–H and O–H groups in total. The van der Waals surface area contributed by atoms with E-state index >= 15 is 0 Å². The smallest absolute Gasteiger partial charge is 0.242 e. The quantitative estimate of drug-likeness (QED) is 0.605. The van der Waals surface area contributed by atoms with Crippen molar-refractivity contribution in [1.82, 2.24) is 13.5 Å². The zero-order chi connectivity index (χ0) is 23.4. The zero-order valence-electron chi connectivity index (χ0n) is 18.1.